The molecule has 2 saturated carbocycles. The number of ether oxygens (including phenoxy) is 1. The van der Waals surface area contributed by atoms with Crippen LogP contribution in [0.5, 0.6) is 0 Å². The van der Waals surface area contributed by atoms with Crippen molar-refractivity contribution in [1.82, 2.24) is 4.90 Å². The molecule has 16 heavy (non-hydrogen) atoms. The Morgan fingerprint density at radius 3 is 2.56 bits per heavy atom. The first-order valence-corrected chi connectivity index (χ1v) is 7.18. The Morgan fingerprint density at radius 2 is 2.12 bits per heavy atom. The van der Waals surface area contributed by atoms with Gasteiger partial charge in [-0.05, 0) is 49.7 Å². The molecule has 0 N–H and O–H groups in total. The molecule has 2 fully saturated rings. The molecular weight excluding hydrogens is 218 g/mol. The van der Waals surface area contributed by atoms with Gasteiger partial charge in [0.05, 0.1) is 6.61 Å². The van der Waals surface area contributed by atoms with E-state index < -0.39 is 0 Å². The fourth-order valence-corrected chi connectivity index (χ4v) is 2.90. The number of nitrogens with zero attached hydrogens (tertiary/aromatic N) is 1. The monoisotopic (exact) mass is 243 g/mol. The van der Waals surface area contributed by atoms with Crippen molar-refractivity contribution in [2.75, 3.05) is 32.6 Å². The minimum absolute atomic E-state index is 0.542. The normalized spacial score (nSPS) is 24.8. The van der Waals surface area contributed by atoms with Gasteiger partial charge in [-0.2, -0.15) is 12.6 Å². The first-order valence-electron chi connectivity index (χ1n) is 6.55. The summed E-state index contributed by atoms with van der Waals surface area (Å²) in [6, 6.07) is 0.743. The van der Waals surface area contributed by atoms with Crippen LogP contribution in [-0.2, 0) is 4.74 Å². The molecule has 0 amide bonds. The number of rotatable bonds is 8. The fraction of sp³-hybridized carbons (Fsp3) is 1.00. The third-order valence-corrected chi connectivity index (χ3v) is 4.96. The van der Waals surface area contributed by atoms with Crippen molar-refractivity contribution in [2.45, 2.75) is 38.6 Å². The Labute approximate surface area is 105 Å². The molecule has 0 aliphatic heterocycles. The summed E-state index contributed by atoms with van der Waals surface area (Å²) in [6.45, 7) is 5.57. The van der Waals surface area contributed by atoms with E-state index in [2.05, 4.69) is 24.5 Å². The van der Waals surface area contributed by atoms with Gasteiger partial charge in [0.1, 0.15) is 0 Å². The van der Waals surface area contributed by atoms with Crippen molar-refractivity contribution in [3.8, 4) is 0 Å². The molecule has 1 atom stereocenters. The first-order chi connectivity index (χ1) is 7.71. The smallest absolute Gasteiger partial charge is 0.0589 e. The Kier molecular flexibility index (Phi) is 4.20. The van der Waals surface area contributed by atoms with Crippen molar-refractivity contribution < 1.29 is 4.74 Å². The zero-order valence-electron chi connectivity index (χ0n) is 10.6. The van der Waals surface area contributed by atoms with Gasteiger partial charge in [-0.1, -0.05) is 0 Å². The Hall–Kier alpha value is 0.270. The number of hydrogen-bond acceptors (Lipinski definition) is 3. The quantitative estimate of drug-likeness (QED) is 0.657. The van der Waals surface area contributed by atoms with Gasteiger partial charge >= 0.3 is 0 Å². The van der Waals surface area contributed by atoms with Gasteiger partial charge in [0, 0.05) is 26.2 Å². The second-order valence-electron chi connectivity index (χ2n) is 5.70. The number of hydrogen-bond donors (Lipinski definition) is 1. The van der Waals surface area contributed by atoms with E-state index >= 15 is 0 Å². The van der Waals surface area contributed by atoms with Crippen molar-refractivity contribution >= 4 is 12.6 Å². The van der Waals surface area contributed by atoms with Crippen LogP contribution in [0.4, 0.5) is 0 Å². The number of thiol groups is 1. The lowest BCUT2D eigenvalue weighted by molar-refractivity contribution is 0.102. The number of methoxy groups -OCH3 is 1. The van der Waals surface area contributed by atoms with Crippen LogP contribution in [-0.4, -0.2) is 43.5 Å². The van der Waals surface area contributed by atoms with Gasteiger partial charge in [0.2, 0.25) is 0 Å². The molecule has 94 valence electrons. The van der Waals surface area contributed by atoms with Gasteiger partial charge in [-0.15, -0.1) is 0 Å². The Morgan fingerprint density at radius 1 is 1.44 bits per heavy atom. The van der Waals surface area contributed by atoms with Crippen LogP contribution in [0.1, 0.15) is 32.6 Å². The van der Waals surface area contributed by atoms with E-state index in [1.807, 2.05) is 0 Å². The van der Waals surface area contributed by atoms with E-state index in [0.29, 0.717) is 5.41 Å². The molecule has 3 heteroatoms. The lowest BCUT2D eigenvalue weighted by Crippen LogP contribution is -2.41. The molecule has 2 aliphatic rings. The minimum atomic E-state index is 0.542. The SMILES string of the molecule is COCCN(CC1(CS)CC1)C(C)C1CC1. The third-order valence-electron chi connectivity index (χ3n) is 4.29. The highest BCUT2D eigenvalue weighted by Gasteiger charge is 2.44. The second-order valence-corrected chi connectivity index (χ2v) is 6.02. The summed E-state index contributed by atoms with van der Waals surface area (Å²) in [4.78, 5) is 2.64. The van der Waals surface area contributed by atoms with Crippen molar-refractivity contribution in [3.63, 3.8) is 0 Å². The lowest BCUT2D eigenvalue weighted by atomic mass is 10.1. The highest BCUT2D eigenvalue weighted by molar-refractivity contribution is 7.80. The molecule has 0 heterocycles. The van der Waals surface area contributed by atoms with Crippen LogP contribution in [0.3, 0.4) is 0 Å². The van der Waals surface area contributed by atoms with Crippen LogP contribution < -0.4 is 0 Å². The van der Waals surface area contributed by atoms with Gasteiger partial charge < -0.3 is 4.74 Å². The molecule has 0 saturated heterocycles. The molecule has 0 spiro atoms. The molecule has 0 aromatic heterocycles. The van der Waals surface area contributed by atoms with Gasteiger partial charge in [0.25, 0.3) is 0 Å². The van der Waals surface area contributed by atoms with Crippen molar-refractivity contribution in [1.29, 1.82) is 0 Å². The molecule has 2 nitrogen and oxygen atoms in total. The lowest BCUT2D eigenvalue weighted by Gasteiger charge is -2.32. The summed E-state index contributed by atoms with van der Waals surface area (Å²) in [7, 11) is 1.80. The zero-order chi connectivity index (χ0) is 11.6. The van der Waals surface area contributed by atoms with Crippen LogP contribution in [0, 0.1) is 11.3 Å². The summed E-state index contributed by atoms with van der Waals surface area (Å²) in [5, 5.41) is 0. The molecule has 1 unspecified atom stereocenters. The third kappa shape index (κ3) is 3.14. The molecular formula is C13H25NOS. The maximum absolute atomic E-state index is 5.23. The summed E-state index contributed by atoms with van der Waals surface area (Å²) < 4.78 is 5.23. The fourth-order valence-electron chi connectivity index (χ4n) is 2.49. The molecule has 0 bridgehead atoms. The average molecular weight is 243 g/mol. The average Bonchev–Trinajstić information content (AvgIpc) is 3.17. The molecule has 2 rings (SSSR count). The highest BCUT2D eigenvalue weighted by Crippen LogP contribution is 2.48. The van der Waals surface area contributed by atoms with Crippen LogP contribution in [0.15, 0.2) is 0 Å². The van der Waals surface area contributed by atoms with Crippen LogP contribution in [0.2, 0.25) is 0 Å². The standard InChI is InChI=1S/C13H25NOS/c1-11(12-3-4-12)14(7-8-15-2)9-13(10-16)5-6-13/h11-12,16H,3-10H2,1-2H3. The predicted molar refractivity (Wildman–Crippen MR) is 71.2 cm³/mol. The van der Waals surface area contributed by atoms with E-state index in [-0.39, 0.29) is 0 Å². The summed E-state index contributed by atoms with van der Waals surface area (Å²) in [5.41, 5.74) is 0.542. The highest BCUT2D eigenvalue weighted by atomic mass is 32.1. The maximum Gasteiger partial charge on any atom is 0.0589 e. The van der Waals surface area contributed by atoms with E-state index in [9.17, 15) is 0 Å². The minimum Gasteiger partial charge on any atom is -0.383 e. The molecule has 2 aliphatic carbocycles. The zero-order valence-corrected chi connectivity index (χ0v) is 11.5. The van der Waals surface area contributed by atoms with Crippen molar-refractivity contribution in [2.24, 2.45) is 11.3 Å². The summed E-state index contributed by atoms with van der Waals surface area (Å²) in [6.07, 6.45) is 5.60. The van der Waals surface area contributed by atoms with Crippen molar-refractivity contribution in [3.05, 3.63) is 0 Å². The van der Waals surface area contributed by atoms with Gasteiger partial charge in [-0.25, -0.2) is 0 Å². The van der Waals surface area contributed by atoms with Gasteiger partial charge in [0.15, 0.2) is 0 Å². The topological polar surface area (TPSA) is 12.5 Å². The van der Waals surface area contributed by atoms with E-state index in [0.717, 1.165) is 30.9 Å². The predicted octanol–water partition coefficient (Wildman–Crippen LogP) is 2.44. The Bertz CT molecular complexity index is 226. The molecule has 0 radical (unpaired) electrons. The second kappa shape index (κ2) is 5.28. The molecule has 0 aromatic carbocycles. The molecule has 0 aromatic rings. The Balaban J connectivity index is 1.85. The van der Waals surface area contributed by atoms with E-state index in [4.69, 9.17) is 4.74 Å². The largest absolute Gasteiger partial charge is 0.383 e. The van der Waals surface area contributed by atoms with Gasteiger partial charge in [-0.3, -0.25) is 4.90 Å². The maximum atomic E-state index is 5.23. The first kappa shape index (κ1) is 12.7. The van der Waals surface area contributed by atoms with E-state index in [1.165, 1.54) is 32.2 Å². The summed E-state index contributed by atoms with van der Waals surface area (Å²) >= 11 is 4.51. The van der Waals surface area contributed by atoms with E-state index in [1.54, 1.807) is 7.11 Å². The van der Waals surface area contributed by atoms with Crippen LogP contribution in [0.25, 0.3) is 0 Å². The van der Waals surface area contributed by atoms with Crippen LogP contribution >= 0.6 is 12.6 Å². The summed E-state index contributed by atoms with van der Waals surface area (Å²) in [5.74, 6) is 2.00.